The summed E-state index contributed by atoms with van der Waals surface area (Å²) in [5.41, 5.74) is 1.95. The highest BCUT2D eigenvalue weighted by Crippen LogP contribution is 2.68. The highest BCUT2D eigenvalue weighted by Gasteiger charge is 2.68. The Morgan fingerprint density at radius 1 is 1.15 bits per heavy atom. The number of rotatable bonds is 4. The number of thiophene rings is 1. The number of piperidine rings is 1. The summed E-state index contributed by atoms with van der Waals surface area (Å²) in [4.78, 5) is 32.8. The second-order valence-corrected chi connectivity index (χ2v) is 9.84. The Morgan fingerprint density at radius 3 is 2.67 bits per heavy atom. The van der Waals surface area contributed by atoms with Gasteiger partial charge < -0.3 is 23.9 Å². The molecule has 1 aromatic carbocycles. The first-order valence-electron chi connectivity index (χ1n) is 10.6. The average Bonchev–Trinajstić information content (AvgIpc) is 3.06. The number of likely N-dealkylation sites (tertiary alicyclic amines) is 1. The number of methoxy groups -OCH3 is 3. The molecule has 3 aromatic rings. The zero-order valence-electron chi connectivity index (χ0n) is 18.6. The summed E-state index contributed by atoms with van der Waals surface area (Å²) in [5.74, 6) is 1.95. The van der Waals surface area contributed by atoms with E-state index in [1.165, 1.54) is 14.2 Å². The van der Waals surface area contributed by atoms with Crippen LogP contribution in [0.25, 0.3) is 10.9 Å². The van der Waals surface area contributed by atoms with Gasteiger partial charge in [-0.1, -0.05) is 0 Å². The number of H-pyrrole nitrogens is 1. The summed E-state index contributed by atoms with van der Waals surface area (Å²) in [6.07, 6.45) is 2.07. The summed E-state index contributed by atoms with van der Waals surface area (Å²) in [6, 6.07) is 5.46. The predicted octanol–water partition coefficient (Wildman–Crippen LogP) is 4.42. The van der Waals surface area contributed by atoms with Crippen molar-refractivity contribution in [3.8, 4) is 23.1 Å². The van der Waals surface area contributed by atoms with Gasteiger partial charge in [0.15, 0.2) is 17.3 Å². The van der Waals surface area contributed by atoms with E-state index < -0.39 is 6.09 Å². The summed E-state index contributed by atoms with van der Waals surface area (Å²) in [7, 11) is 4.61. The number of hydrogen-bond acceptors (Lipinski definition) is 7. The molecule has 1 N–H and O–H groups in total. The first-order valence-corrected chi connectivity index (χ1v) is 11.4. The third kappa shape index (κ3) is 2.62. The van der Waals surface area contributed by atoms with Crippen LogP contribution in [0.1, 0.15) is 26.5 Å². The van der Waals surface area contributed by atoms with Crippen LogP contribution >= 0.6 is 11.3 Å². The van der Waals surface area contributed by atoms with Gasteiger partial charge in [-0.25, -0.2) is 4.79 Å². The number of ether oxygens (including phenoxy) is 4. The summed E-state index contributed by atoms with van der Waals surface area (Å²) in [5, 5.41) is 0.749. The lowest BCUT2D eigenvalue weighted by molar-refractivity contribution is 0.103. The zero-order chi connectivity index (χ0) is 23.1. The lowest BCUT2D eigenvalue weighted by Crippen LogP contribution is -2.35. The summed E-state index contributed by atoms with van der Waals surface area (Å²) in [6.45, 7) is 2.55. The maximum absolute atomic E-state index is 13.2. The molecule has 1 spiro atoms. The number of fused-ring (bicyclic) bond motifs is 2. The fourth-order valence-corrected chi connectivity index (χ4v) is 6.66. The highest BCUT2D eigenvalue weighted by atomic mass is 32.1. The first-order chi connectivity index (χ1) is 15.9. The molecule has 2 fully saturated rings. The molecule has 1 saturated carbocycles. The second-order valence-electron chi connectivity index (χ2n) is 8.59. The highest BCUT2D eigenvalue weighted by molar-refractivity contribution is 7.12. The van der Waals surface area contributed by atoms with Crippen LogP contribution in [0.4, 0.5) is 4.79 Å². The number of carbonyl (C=O) groups is 2. The van der Waals surface area contributed by atoms with E-state index in [2.05, 4.69) is 4.98 Å². The van der Waals surface area contributed by atoms with Gasteiger partial charge in [-0.05, 0) is 31.4 Å². The van der Waals surface area contributed by atoms with E-state index in [0.717, 1.165) is 32.8 Å². The van der Waals surface area contributed by atoms with Crippen molar-refractivity contribution in [1.82, 2.24) is 9.88 Å². The van der Waals surface area contributed by atoms with Gasteiger partial charge in [-0.3, -0.25) is 9.69 Å². The Balaban J connectivity index is 1.32. The van der Waals surface area contributed by atoms with Crippen molar-refractivity contribution in [3.63, 3.8) is 0 Å². The molecule has 2 atom stereocenters. The molecule has 2 unspecified atom stereocenters. The van der Waals surface area contributed by atoms with Gasteiger partial charge in [0, 0.05) is 45.1 Å². The fraction of sp³-hybridized carbons (Fsp3) is 0.333. The smallest absolute Gasteiger partial charge is 0.420 e. The minimum atomic E-state index is -0.512. The van der Waals surface area contributed by atoms with Crippen molar-refractivity contribution < 1.29 is 28.5 Å². The molecule has 1 saturated heterocycles. The molecule has 6 rings (SSSR count). The molecule has 9 heteroatoms. The van der Waals surface area contributed by atoms with Gasteiger partial charge >= 0.3 is 6.09 Å². The largest absolute Gasteiger partial charge is 0.493 e. The minimum Gasteiger partial charge on any atom is -0.493 e. The monoisotopic (exact) mass is 466 g/mol. The van der Waals surface area contributed by atoms with Gasteiger partial charge in [0.1, 0.15) is 0 Å². The van der Waals surface area contributed by atoms with Gasteiger partial charge in [0.05, 0.1) is 32.3 Å². The van der Waals surface area contributed by atoms with Crippen molar-refractivity contribution in [3.05, 3.63) is 45.3 Å². The minimum absolute atomic E-state index is 0.0464. The molecular formula is C24H22N2O6S. The number of aromatic nitrogens is 1. The number of allylic oxidation sites excluding steroid dienone is 2. The zero-order valence-corrected chi connectivity index (χ0v) is 19.4. The molecule has 0 radical (unpaired) electrons. The number of nitrogens with zero attached hydrogens (tertiary/aromatic N) is 1. The second kappa shape index (κ2) is 6.77. The van der Waals surface area contributed by atoms with Gasteiger partial charge in [0.25, 0.3) is 0 Å². The van der Waals surface area contributed by atoms with Crippen LogP contribution < -0.4 is 18.9 Å². The van der Waals surface area contributed by atoms with E-state index in [1.807, 2.05) is 13.0 Å². The molecule has 33 heavy (non-hydrogen) atoms. The van der Waals surface area contributed by atoms with Crippen molar-refractivity contribution >= 4 is 34.1 Å². The molecular weight excluding hydrogens is 444 g/mol. The van der Waals surface area contributed by atoms with E-state index in [0.29, 0.717) is 35.2 Å². The van der Waals surface area contributed by atoms with E-state index in [9.17, 15) is 9.59 Å². The van der Waals surface area contributed by atoms with Crippen LogP contribution in [0, 0.1) is 12.8 Å². The lowest BCUT2D eigenvalue weighted by Gasteiger charge is -2.26. The molecule has 170 valence electrons. The molecule has 1 amide bonds. The number of carbonyl (C=O) groups excluding carboxylic acids is 2. The Labute approximate surface area is 193 Å². The number of hydrogen-bond donors (Lipinski definition) is 1. The Morgan fingerprint density at radius 2 is 1.94 bits per heavy atom. The third-order valence-corrected chi connectivity index (χ3v) is 8.09. The normalized spacial score (nSPS) is 22.4. The maximum atomic E-state index is 13.2. The molecule has 3 aliphatic rings. The van der Waals surface area contributed by atoms with Gasteiger partial charge in [-0.15, -0.1) is 11.3 Å². The van der Waals surface area contributed by atoms with E-state index in [1.54, 1.807) is 41.6 Å². The maximum Gasteiger partial charge on any atom is 0.420 e. The van der Waals surface area contributed by atoms with E-state index in [4.69, 9.17) is 18.9 Å². The Hall–Kier alpha value is -3.46. The third-order valence-electron chi connectivity index (χ3n) is 6.86. The number of ketones is 1. The standard InChI is InChI=1S/C24H22N2O6S/c1-11-5-14-15(27)8-17-24(22(14)33-11)9-13(24)10-26(17)23(28)32-18-7-12-6-16(29-2)20(30-3)21(31-4)19(12)25-18/h5-8,13,25H,9-10H2,1-4H3. The number of benzene rings is 1. The van der Waals surface area contributed by atoms with E-state index in [-0.39, 0.29) is 17.1 Å². The molecule has 2 aromatic heterocycles. The summed E-state index contributed by atoms with van der Waals surface area (Å²) < 4.78 is 22.1. The topological polar surface area (TPSA) is 90.1 Å². The quantitative estimate of drug-likeness (QED) is 0.612. The fourth-order valence-electron chi connectivity index (χ4n) is 5.35. The number of amides is 1. The van der Waals surface area contributed by atoms with Crippen LogP contribution in [0.15, 0.2) is 30.0 Å². The SMILES string of the molecule is COc1cc2cc(OC(=O)N3CC4CC45C3=CC(=O)c3cc(C)sc35)[nH]c2c(OC)c1OC. The van der Waals surface area contributed by atoms with Crippen LogP contribution in [0.3, 0.4) is 0 Å². The number of nitrogens with one attached hydrogen (secondary N) is 1. The Kier molecular flexibility index (Phi) is 4.14. The Bertz CT molecular complexity index is 1390. The molecule has 2 aliphatic carbocycles. The van der Waals surface area contributed by atoms with Crippen molar-refractivity contribution in [2.75, 3.05) is 27.9 Å². The van der Waals surface area contributed by atoms with Crippen LogP contribution in [0.5, 0.6) is 23.1 Å². The van der Waals surface area contributed by atoms with Crippen LogP contribution in [0.2, 0.25) is 0 Å². The first kappa shape index (κ1) is 20.2. The molecule has 3 heterocycles. The van der Waals surface area contributed by atoms with Gasteiger partial charge in [-0.2, -0.15) is 0 Å². The van der Waals surface area contributed by atoms with Crippen LogP contribution in [-0.4, -0.2) is 49.6 Å². The number of aromatic amines is 1. The van der Waals surface area contributed by atoms with Crippen molar-refractivity contribution in [2.24, 2.45) is 5.92 Å². The molecule has 8 nitrogen and oxygen atoms in total. The lowest BCUT2D eigenvalue weighted by atomic mass is 9.88. The van der Waals surface area contributed by atoms with Gasteiger partial charge in [0.2, 0.25) is 11.6 Å². The number of aryl methyl sites for hydroxylation is 1. The molecule has 0 bridgehead atoms. The molecule has 1 aliphatic heterocycles. The summed E-state index contributed by atoms with van der Waals surface area (Å²) >= 11 is 1.66. The predicted molar refractivity (Wildman–Crippen MR) is 122 cm³/mol. The van der Waals surface area contributed by atoms with Crippen LogP contribution in [-0.2, 0) is 5.41 Å². The average molecular weight is 467 g/mol. The van der Waals surface area contributed by atoms with Crippen molar-refractivity contribution in [2.45, 2.75) is 18.8 Å². The van der Waals surface area contributed by atoms with Crippen molar-refractivity contribution in [1.29, 1.82) is 0 Å². The van der Waals surface area contributed by atoms with E-state index >= 15 is 0 Å².